The minimum atomic E-state index is -3.79. The predicted octanol–water partition coefficient (Wildman–Crippen LogP) is -0.158. The molecule has 1 aromatic carbocycles. The molecule has 0 unspecified atom stereocenters. The second-order valence-corrected chi connectivity index (χ2v) is 4.97. The van der Waals surface area contributed by atoms with Crippen LogP contribution < -0.4 is 10.3 Å². The van der Waals surface area contributed by atoms with Gasteiger partial charge in [0.15, 0.2) is 0 Å². The molecule has 1 heterocycles. The van der Waals surface area contributed by atoms with Gasteiger partial charge in [-0.1, -0.05) is 18.2 Å². The Kier molecular flexibility index (Phi) is 3.49. The van der Waals surface area contributed by atoms with Crippen LogP contribution in [0.2, 0.25) is 0 Å². The first kappa shape index (κ1) is 12.4. The molecule has 1 amide bonds. The summed E-state index contributed by atoms with van der Waals surface area (Å²) in [5.41, 5.74) is 2.01. The standard InChI is InChI=1S/C10H10N2O5S/c13-10(9-6-16-7-17-9)11-12-18(14,15)8-4-2-1-3-5-8/h1-6,12H,7H2,(H,11,13). The molecule has 2 N–H and O–H groups in total. The summed E-state index contributed by atoms with van der Waals surface area (Å²) in [6.45, 7) is -0.0613. The molecule has 0 bridgehead atoms. The number of carbonyl (C=O) groups is 1. The highest BCUT2D eigenvalue weighted by Crippen LogP contribution is 2.07. The summed E-state index contributed by atoms with van der Waals surface area (Å²) in [7, 11) is -3.79. The minimum Gasteiger partial charge on any atom is -0.461 e. The van der Waals surface area contributed by atoms with E-state index < -0.39 is 15.9 Å². The van der Waals surface area contributed by atoms with E-state index in [-0.39, 0.29) is 17.4 Å². The van der Waals surface area contributed by atoms with Gasteiger partial charge in [0.2, 0.25) is 12.6 Å². The first-order chi connectivity index (χ1) is 8.59. The monoisotopic (exact) mass is 270 g/mol. The molecule has 0 aromatic heterocycles. The zero-order valence-electron chi connectivity index (χ0n) is 9.12. The molecule has 7 nitrogen and oxygen atoms in total. The molecule has 0 atom stereocenters. The predicted molar refractivity (Wildman–Crippen MR) is 60.0 cm³/mol. The molecule has 0 radical (unpaired) electrons. The Morgan fingerprint density at radius 2 is 1.94 bits per heavy atom. The Morgan fingerprint density at radius 1 is 1.22 bits per heavy atom. The zero-order chi connectivity index (χ0) is 13.0. The Hall–Kier alpha value is -2.06. The van der Waals surface area contributed by atoms with Crippen LogP contribution in [0.5, 0.6) is 0 Å². The quantitative estimate of drug-likeness (QED) is 0.742. The molecule has 0 saturated heterocycles. The number of rotatable bonds is 4. The molecule has 0 saturated carbocycles. The van der Waals surface area contributed by atoms with Gasteiger partial charge < -0.3 is 9.47 Å². The molecule has 1 aliphatic rings. The van der Waals surface area contributed by atoms with E-state index >= 15 is 0 Å². The number of hydrazine groups is 1. The summed E-state index contributed by atoms with van der Waals surface area (Å²) in [5.74, 6) is -0.822. The van der Waals surface area contributed by atoms with Gasteiger partial charge in [0.1, 0.15) is 6.26 Å². The van der Waals surface area contributed by atoms with Gasteiger partial charge in [-0.2, -0.15) is 0 Å². The maximum atomic E-state index is 11.7. The van der Waals surface area contributed by atoms with Crippen LogP contribution in [0.4, 0.5) is 0 Å². The molecule has 1 aliphatic heterocycles. The Bertz CT molecular complexity index is 567. The molecule has 0 spiro atoms. The smallest absolute Gasteiger partial charge is 0.304 e. The van der Waals surface area contributed by atoms with E-state index in [0.717, 1.165) is 6.26 Å². The second-order valence-electron chi connectivity index (χ2n) is 3.28. The summed E-state index contributed by atoms with van der Waals surface area (Å²) in [4.78, 5) is 13.4. The fourth-order valence-electron chi connectivity index (χ4n) is 1.19. The van der Waals surface area contributed by atoms with E-state index in [9.17, 15) is 13.2 Å². The van der Waals surface area contributed by atoms with Gasteiger partial charge in [0.25, 0.3) is 10.0 Å². The number of benzene rings is 1. The highest BCUT2D eigenvalue weighted by molar-refractivity contribution is 7.89. The van der Waals surface area contributed by atoms with E-state index in [2.05, 4.69) is 4.74 Å². The largest absolute Gasteiger partial charge is 0.461 e. The lowest BCUT2D eigenvalue weighted by atomic mass is 10.4. The van der Waals surface area contributed by atoms with Crippen LogP contribution in [0.1, 0.15) is 0 Å². The maximum absolute atomic E-state index is 11.7. The normalized spacial score (nSPS) is 14.3. The van der Waals surface area contributed by atoms with Crippen LogP contribution in [-0.2, 0) is 24.3 Å². The third kappa shape index (κ3) is 2.79. The van der Waals surface area contributed by atoms with Crippen LogP contribution in [0.25, 0.3) is 0 Å². The molecule has 18 heavy (non-hydrogen) atoms. The van der Waals surface area contributed by atoms with Crippen molar-refractivity contribution in [3.8, 4) is 0 Å². The van der Waals surface area contributed by atoms with Crippen molar-refractivity contribution in [1.29, 1.82) is 0 Å². The van der Waals surface area contributed by atoms with Crippen molar-refractivity contribution in [2.45, 2.75) is 4.90 Å². The van der Waals surface area contributed by atoms with Crippen molar-refractivity contribution in [3.63, 3.8) is 0 Å². The van der Waals surface area contributed by atoms with Gasteiger partial charge in [0, 0.05) is 0 Å². The van der Waals surface area contributed by atoms with E-state index in [1.54, 1.807) is 18.2 Å². The lowest BCUT2D eigenvalue weighted by molar-refractivity contribution is -0.121. The third-order valence-corrected chi connectivity index (χ3v) is 3.31. The summed E-state index contributed by atoms with van der Waals surface area (Å²) < 4.78 is 32.9. The molecule has 96 valence electrons. The van der Waals surface area contributed by atoms with E-state index in [0.29, 0.717) is 0 Å². The average molecular weight is 270 g/mol. The number of amides is 1. The minimum absolute atomic E-state index is 0.0443. The number of nitrogens with one attached hydrogen (secondary N) is 2. The zero-order valence-corrected chi connectivity index (χ0v) is 9.94. The fourth-order valence-corrected chi connectivity index (χ4v) is 2.05. The average Bonchev–Trinajstić information content (AvgIpc) is 2.91. The van der Waals surface area contributed by atoms with Crippen molar-refractivity contribution in [2.24, 2.45) is 0 Å². The van der Waals surface area contributed by atoms with Crippen molar-refractivity contribution in [1.82, 2.24) is 10.3 Å². The number of hydrogen-bond donors (Lipinski definition) is 2. The molecule has 1 aromatic rings. The van der Waals surface area contributed by atoms with Gasteiger partial charge in [-0.3, -0.25) is 10.2 Å². The fraction of sp³-hybridized carbons (Fsp3) is 0.100. The summed E-state index contributed by atoms with van der Waals surface area (Å²) >= 11 is 0. The topological polar surface area (TPSA) is 93.7 Å². The van der Waals surface area contributed by atoms with Crippen molar-refractivity contribution < 1.29 is 22.7 Å². The summed E-state index contributed by atoms with van der Waals surface area (Å²) in [6.07, 6.45) is 1.10. The van der Waals surface area contributed by atoms with Gasteiger partial charge in [-0.05, 0) is 12.1 Å². The number of ether oxygens (including phenoxy) is 2. The van der Waals surface area contributed by atoms with Crippen LogP contribution >= 0.6 is 0 Å². The first-order valence-electron chi connectivity index (χ1n) is 4.91. The van der Waals surface area contributed by atoms with Crippen LogP contribution in [0.3, 0.4) is 0 Å². The summed E-state index contributed by atoms with van der Waals surface area (Å²) in [6, 6.07) is 7.65. The maximum Gasteiger partial charge on any atom is 0.304 e. The molecule has 0 fully saturated rings. The van der Waals surface area contributed by atoms with Crippen molar-refractivity contribution in [3.05, 3.63) is 42.4 Å². The van der Waals surface area contributed by atoms with Crippen LogP contribution in [-0.4, -0.2) is 21.1 Å². The highest BCUT2D eigenvalue weighted by atomic mass is 32.2. The first-order valence-corrected chi connectivity index (χ1v) is 6.40. The van der Waals surface area contributed by atoms with E-state index in [1.807, 2.05) is 10.3 Å². The van der Waals surface area contributed by atoms with E-state index in [4.69, 9.17) is 4.74 Å². The lowest BCUT2D eigenvalue weighted by Crippen LogP contribution is -2.42. The van der Waals surface area contributed by atoms with Crippen molar-refractivity contribution >= 4 is 15.9 Å². The molecule has 0 aliphatic carbocycles. The van der Waals surface area contributed by atoms with Crippen LogP contribution in [0.15, 0.2) is 47.2 Å². The number of carbonyl (C=O) groups excluding carboxylic acids is 1. The van der Waals surface area contributed by atoms with Gasteiger partial charge in [-0.25, -0.2) is 8.42 Å². The van der Waals surface area contributed by atoms with Gasteiger partial charge in [-0.15, -0.1) is 4.83 Å². The Labute approximate surface area is 103 Å². The van der Waals surface area contributed by atoms with Gasteiger partial charge in [0.05, 0.1) is 4.90 Å². The summed E-state index contributed by atoms with van der Waals surface area (Å²) in [5, 5.41) is 0. The molecular weight excluding hydrogens is 260 g/mol. The Morgan fingerprint density at radius 3 is 2.56 bits per heavy atom. The third-order valence-electron chi connectivity index (χ3n) is 2.05. The Balaban J connectivity index is 2.00. The van der Waals surface area contributed by atoms with Crippen LogP contribution in [0, 0.1) is 0 Å². The molecule has 2 rings (SSSR count). The SMILES string of the molecule is O=C(NNS(=O)(=O)c1ccccc1)C1=COCO1. The molecular formula is C10H10N2O5S. The van der Waals surface area contributed by atoms with Gasteiger partial charge >= 0.3 is 5.91 Å². The molecule has 8 heteroatoms. The highest BCUT2D eigenvalue weighted by Gasteiger charge is 2.19. The number of sulfonamides is 1. The second kappa shape index (κ2) is 5.07. The van der Waals surface area contributed by atoms with E-state index in [1.165, 1.54) is 12.1 Å². The van der Waals surface area contributed by atoms with Crippen molar-refractivity contribution in [2.75, 3.05) is 6.79 Å². The lowest BCUT2D eigenvalue weighted by Gasteiger charge is -2.07. The number of hydrogen-bond acceptors (Lipinski definition) is 5.